The summed E-state index contributed by atoms with van der Waals surface area (Å²) >= 11 is 14.7. The van der Waals surface area contributed by atoms with Crippen LogP contribution in [0.1, 0.15) is 32.5 Å². The molecule has 0 aromatic carbocycles. The van der Waals surface area contributed by atoms with E-state index in [2.05, 4.69) is 20.3 Å². The van der Waals surface area contributed by atoms with Crippen molar-refractivity contribution in [3.05, 3.63) is 39.7 Å². The van der Waals surface area contributed by atoms with Crippen LogP contribution in [0.15, 0.2) is 28.7 Å². The molecule has 4 rings (SSSR count). The molecule has 3 aromatic rings. The fourth-order valence-corrected chi connectivity index (χ4v) is 6.13. The van der Waals surface area contributed by atoms with Gasteiger partial charge in [0.05, 0.1) is 23.4 Å². The van der Waals surface area contributed by atoms with Crippen LogP contribution in [0.4, 0.5) is 0 Å². The van der Waals surface area contributed by atoms with Crippen molar-refractivity contribution < 1.29 is 23.8 Å². The number of hydrogen-bond acceptors (Lipinski definition) is 12. The second-order valence-corrected chi connectivity index (χ2v) is 10.9. The SMILES string of the molecule is CC(=O)OCC1O[C@H](Sc2cnc(C#N)c(Cl)c2)[C@@H](OC(C)=O)C(n2cc(-c3nc(Cl)cs3)nn2)[C@H]1C. The van der Waals surface area contributed by atoms with E-state index < -0.39 is 35.6 Å². The molecule has 1 fully saturated rings. The highest BCUT2D eigenvalue weighted by atomic mass is 35.5. The van der Waals surface area contributed by atoms with Crippen LogP contribution in [0.3, 0.4) is 0 Å². The molecule has 5 atom stereocenters. The van der Waals surface area contributed by atoms with E-state index in [1.54, 1.807) is 22.3 Å². The summed E-state index contributed by atoms with van der Waals surface area (Å²) in [5.41, 5.74) is -0.178. The van der Waals surface area contributed by atoms with Gasteiger partial charge in [0.25, 0.3) is 0 Å². The minimum Gasteiger partial charge on any atom is -0.463 e. The average Bonchev–Trinajstić information content (AvgIpc) is 3.49. The predicted molar refractivity (Wildman–Crippen MR) is 135 cm³/mol. The van der Waals surface area contributed by atoms with Crippen LogP contribution in [-0.2, 0) is 23.8 Å². The van der Waals surface area contributed by atoms with Gasteiger partial charge >= 0.3 is 11.9 Å². The van der Waals surface area contributed by atoms with Gasteiger partial charge in [-0.25, -0.2) is 14.6 Å². The number of thiazole rings is 1. The van der Waals surface area contributed by atoms with Crippen LogP contribution in [0.2, 0.25) is 10.2 Å². The molecule has 1 saturated heterocycles. The number of thioether (sulfide) groups is 1. The van der Waals surface area contributed by atoms with Crippen LogP contribution < -0.4 is 0 Å². The number of rotatable bonds is 7. The van der Waals surface area contributed by atoms with Crippen molar-refractivity contribution in [2.24, 2.45) is 5.92 Å². The third kappa shape index (κ3) is 6.39. The molecule has 0 bridgehead atoms. The quantitative estimate of drug-likeness (QED) is 0.370. The predicted octanol–water partition coefficient (Wildman–Crippen LogP) is 4.16. The Bertz CT molecular complexity index is 1350. The summed E-state index contributed by atoms with van der Waals surface area (Å²) in [6.45, 7) is 4.48. The van der Waals surface area contributed by atoms with Crippen LogP contribution >= 0.6 is 46.3 Å². The molecule has 0 amide bonds. The number of esters is 2. The Morgan fingerprint density at radius 3 is 2.73 bits per heavy atom. The number of pyridine rings is 1. The summed E-state index contributed by atoms with van der Waals surface area (Å²) in [5, 5.41) is 20.5. The number of nitrogens with zero attached hydrogens (tertiary/aromatic N) is 6. The van der Waals surface area contributed by atoms with E-state index in [0.717, 1.165) is 0 Å². The molecule has 3 aromatic heterocycles. The van der Waals surface area contributed by atoms with Gasteiger partial charge in [0.15, 0.2) is 11.8 Å². The Hall–Kier alpha value is -2.76. The first-order valence-corrected chi connectivity index (χ1v) is 13.4. The zero-order valence-electron chi connectivity index (χ0n) is 19.7. The highest BCUT2D eigenvalue weighted by Gasteiger charge is 2.48. The number of carbonyl (C=O) groups is 2. The second kappa shape index (κ2) is 11.7. The molecular weight excluding hydrogens is 563 g/mol. The third-order valence-corrected chi connectivity index (χ3v) is 8.06. The normalized spacial score (nSPS) is 23.3. The van der Waals surface area contributed by atoms with Crippen molar-refractivity contribution in [2.45, 2.75) is 49.4 Å². The Morgan fingerprint density at radius 1 is 1.32 bits per heavy atom. The number of nitriles is 1. The van der Waals surface area contributed by atoms with E-state index in [1.807, 2.05) is 13.0 Å². The molecule has 0 spiro atoms. The first kappa shape index (κ1) is 27.3. The maximum atomic E-state index is 12.2. The van der Waals surface area contributed by atoms with E-state index in [-0.39, 0.29) is 23.2 Å². The number of aromatic nitrogens is 5. The topological polar surface area (TPSA) is 142 Å². The molecule has 0 saturated carbocycles. The zero-order chi connectivity index (χ0) is 26.7. The molecule has 0 N–H and O–H groups in total. The van der Waals surface area contributed by atoms with Gasteiger partial charge in [0, 0.05) is 36.2 Å². The molecule has 11 nitrogen and oxygen atoms in total. The standard InChI is InChI=1S/C22H20Cl2N6O5S2/c1-10-17(8-33-11(2)31)35-22(37-13-4-14(23)15(5-25)26-6-13)20(34-12(3)32)19(10)30-7-16(28-29-30)21-27-18(24)9-36-21/h4,6-7,9-10,17,19-20,22H,8H2,1-3H3/t10-,17?,19?,20-,22+/m0/s1. The van der Waals surface area contributed by atoms with E-state index in [1.165, 1.54) is 43.1 Å². The van der Waals surface area contributed by atoms with Crippen molar-refractivity contribution in [2.75, 3.05) is 6.61 Å². The number of carbonyl (C=O) groups excluding carboxylic acids is 2. The molecule has 15 heteroatoms. The van der Waals surface area contributed by atoms with Gasteiger partial charge < -0.3 is 14.2 Å². The van der Waals surface area contributed by atoms with Crippen LogP contribution in [0.5, 0.6) is 0 Å². The highest BCUT2D eigenvalue weighted by Crippen LogP contribution is 2.43. The van der Waals surface area contributed by atoms with Crippen molar-refractivity contribution in [3.63, 3.8) is 0 Å². The largest absolute Gasteiger partial charge is 0.463 e. The van der Waals surface area contributed by atoms with E-state index in [9.17, 15) is 9.59 Å². The minimum atomic E-state index is -0.824. The van der Waals surface area contributed by atoms with Gasteiger partial charge in [0.1, 0.15) is 34.0 Å². The van der Waals surface area contributed by atoms with Crippen LogP contribution in [-0.4, -0.2) is 61.2 Å². The lowest BCUT2D eigenvalue weighted by Crippen LogP contribution is -2.52. The molecule has 1 aliphatic rings. The molecular formula is C22H20Cl2N6O5S2. The fraction of sp³-hybridized carbons (Fsp3) is 0.409. The second-order valence-electron chi connectivity index (χ2n) is 8.06. The monoisotopic (exact) mass is 582 g/mol. The lowest BCUT2D eigenvalue weighted by Gasteiger charge is -2.44. The summed E-state index contributed by atoms with van der Waals surface area (Å²) in [7, 11) is 0. The molecule has 0 radical (unpaired) electrons. The summed E-state index contributed by atoms with van der Waals surface area (Å²) < 4.78 is 18.9. The molecule has 1 aliphatic heterocycles. The third-order valence-electron chi connectivity index (χ3n) is 5.48. The first-order valence-electron chi connectivity index (χ1n) is 10.9. The highest BCUT2D eigenvalue weighted by molar-refractivity contribution is 7.99. The van der Waals surface area contributed by atoms with Gasteiger partial charge in [-0.2, -0.15) is 5.26 Å². The smallest absolute Gasteiger partial charge is 0.303 e. The van der Waals surface area contributed by atoms with Crippen LogP contribution in [0.25, 0.3) is 10.7 Å². The Labute approximate surface area is 230 Å². The number of ether oxygens (including phenoxy) is 3. The molecule has 0 aliphatic carbocycles. The Balaban J connectivity index is 1.71. The van der Waals surface area contributed by atoms with E-state index in [4.69, 9.17) is 42.7 Å². The maximum absolute atomic E-state index is 12.2. The minimum absolute atomic E-state index is 0.0210. The number of halogens is 2. The lowest BCUT2D eigenvalue weighted by atomic mass is 9.89. The number of hydrogen-bond donors (Lipinski definition) is 0. The molecule has 194 valence electrons. The van der Waals surface area contributed by atoms with Gasteiger partial charge in [0.2, 0.25) is 0 Å². The van der Waals surface area contributed by atoms with Crippen molar-refractivity contribution in [3.8, 4) is 16.8 Å². The average molecular weight is 583 g/mol. The zero-order valence-corrected chi connectivity index (χ0v) is 22.8. The van der Waals surface area contributed by atoms with Gasteiger partial charge in [-0.15, -0.1) is 16.4 Å². The first-order chi connectivity index (χ1) is 17.7. The van der Waals surface area contributed by atoms with E-state index >= 15 is 0 Å². The van der Waals surface area contributed by atoms with E-state index in [0.29, 0.717) is 20.8 Å². The van der Waals surface area contributed by atoms with Crippen molar-refractivity contribution in [1.29, 1.82) is 5.26 Å². The summed E-state index contributed by atoms with van der Waals surface area (Å²) in [6.07, 6.45) is 1.79. The molecule has 2 unspecified atom stereocenters. The summed E-state index contributed by atoms with van der Waals surface area (Å²) in [6, 6.07) is 2.95. The Kier molecular flexibility index (Phi) is 8.66. The molecule has 37 heavy (non-hydrogen) atoms. The summed E-state index contributed by atoms with van der Waals surface area (Å²) in [5.74, 6) is -1.29. The lowest BCUT2D eigenvalue weighted by molar-refractivity contribution is -0.185. The van der Waals surface area contributed by atoms with Gasteiger partial charge in [-0.1, -0.05) is 47.1 Å². The summed E-state index contributed by atoms with van der Waals surface area (Å²) in [4.78, 5) is 32.6. The Morgan fingerprint density at radius 2 is 2.11 bits per heavy atom. The van der Waals surface area contributed by atoms with Crippen molar-refractivity contribution in [1.82, 2.24) is 25.0 Å². The molecule has 4 heterocycles. The van der Waals surface area contributed by atoms with Gasteiger partial charge in [-0.3, -0.25) is 9.59 Å². The van der Waals surface area contributed by atoms with Crippen LogP contribution in [0, 0.1) is 17.2 Å². The maximum Gasteiger partial charge on any atom is 0.303 e. The van der Waals surface area contributed by atoms with Crippen molar-refractivity contribution >= 4 is 58.2 Å². The van der Waals surface area contributed by atoms with Gasteiger partial charge in [-0.05, 0) is 6.07 Å². The fourth-order valence-electron chi connectivity index (χ4n) is 3.84.